The molecular formula is C14H11BrFNO3. The first kappa shape index (κ1) is 14.3. The molecule has 6 heteroatoms. The molecule has 0 bridgehead atoms. The standard InChI is InChI=1S/C14H11BrFNO3/c1-20-13-7-9(3-5-11(13)15)17-14(19)10-4-2-8(16)6-12(10)18/h2-7,18H,1H3,(H,17,19). The number of hydrogen-bond acceptors (Lipinski definition) is 3. The van der Waals surface area contributed by atoms with E-state index in [2.05, 4.69) is 21.2 Å². The lowest BCUT2D eigenvalue weighted by atomic mass is 10.1. The average Bonchev–Trinajstić information content (AvgIpc) is 2.40. The van der Waals surface area contributed by atoms with Crippen molar-refractivity contribution in [1.29, 1.82) is 0 Å². The molecule has 2 rings (SSSR count). The molecule has 0 atom stereocenters. The highest BCUT2D eigenvalue weighted by Gasteiger charge is 2.12. The highest BCUT2D eigenvalue weighted by molar-refractivity contribution is 9.10. The summed E-state index contributed by atoms with van der Waals surface area (Å²) in [6.07, 6.45) is 0. The minimum atomic E-state index is -0.607. The number of carbonyl (C=O) groups excluding carboxylic acids is 1. The summed E-state index contributed by atoms with van der Waals surface area (Å²) in [5, 5.41) is 12.1. The summed E-state index contributed by atoms with van der Waals surface area (Å²) in [5.41, 5.74) is 0.493. The Morgan fingerprint density at radius 1 is 1.30 bits per heavy atom. The summed E-state index contributed by atoms with van der Waals surface area (Å²) in [7, 11) is 1.51. The molecule has 0 spiro atoms. The third kappa shape index (κ3) is 3.08. The van der Waals surface area contributed by atoms with Crippen LogP contribution in [0.15, 0.2) is 40.9 Å². The maximum atomic E-state index is 12.9. The predicted octanol–water partition coefficient (Wildman–Crippen LogP) is 3.55. The topological polar surface area (TPSA) is 58.6 Å². The molecule has 0 aliphatic carbocycles. The second kappa shape index (κ2) is 5.92. The zero-order valence-electron chi connectivity index (χ0n) is 10.5. The van der Waals surface area contributed by atoms with Gasteiger partial charge in [-0.15, -0.1) is 0 Å². The number of halogens is 2. The number of methoxy groups -OCH3 is 1. The molecule has 0 unspecified atom stereocenters. The van der Waals surface area contributed by atoms with Crippen LogP contribution in [0, 0.1) is 5.82 Å². The van der Waals surface area contributed by atoms with Crippen LogP contribution in [-0.4, -0.2) is 18.1 Å². The molecule has 2 N–H and O–H groups in total. The highest BCUT2D eigenvalue weighted by Crippen LogP contribution is 2.28. The van der Waals surface area contributed by atoms with E-state index < -0.39 is 17.5 Å². The number of ether oxygens (including phenoxy) is 1. The minimum Gasteiger partial charge on any atom is -0.507 e. The van der Waals surface area contributed by atoms with Gasteiger partial charge in [-0.05, 0) is 40.2 Å². The Morgan fingerprint density at radius 3 is 2.70 bits per heavy atom. The summed E-state index contributed by atoms with van der Waals surface area (Å²) in [5.74, 6) is -0.992. The first-order valence-corrected chi connectivity index (χ1v) is 6.44. The van der Waals surface area contributed by atoms with Gasteiger partial charge in [0.2, 0.25) is 0 Å². The number of aromatic hydroxyl groups is 1. The first-order valence-electron chi connectivity index (χ1n) is 5.64. The quantitative estimate of drug-likeness (QED) is 0.898. The van der Waals surface area contributed by atoms with E-state index in [0.29, 0.717) is 11.4 Å². The van der Waals surface area contributed by atoms with Gasteiger partial charge in [-0.2, -0.15) is 0 Å². The number of benzene rings is 2. The Hall–Kier alpha value is -2.08. The molecule has 104 valence electrons. The fourth-order valence-electron chi connectivity index (χ4n) is 1.63. The van der Waals surface area contributed by atoms with E-state index in [9.17, 15) is 14.3 Å². The zero-order chi connectivity index (χ0) is 14.7. The molecule has 0 aromatic heterocycles. The van der Waals surface area contributed by atoms with Gasteiger partial charge in [0.25, 0.3) is 5.91 Å². The van der Waals surface area contributed by atoms with Gasteiger partial charge in [-0.1, -0.05) is 0 Å². The van der Waals surface area contributed by atoms with Gasteiger partial charge in [0.1, 0.15) is 17.3 Å². The third-order valence-electron chi connectivity index (χ3n) is 2.61. The van der Waals surface area contributed by atoms with Crippen molar-refractivity contribution in [2.75, 3.05) is 12.4 Å². The van der Waals surface area contributed by atoms with E-state index in [1.807, 2.05) is 0 Å². The van der Waals surface area contributed by atoms with Crippen molar-refractivity contribution in [3.63, 3.8) is 0 Å². The fourth-order valence-corrected chi connectivity index (χ4v) is 2.04. The molecule has 0 saturated carbocycles. The Bertz CT molecular complexity index is 661. The first-order chi connectivity index (χ1) is 9.51. The highest BCUT2D eigenvalue weighted by atomic mass is 79.9. The normalized spacial score (nSPS) is 10.2. The average molecular weight is 340 g/mol. The maximum Gasteiger partial charge on any atom is 0.259 e. The monoisotopic (exact) mass is 339 g/mol. The smallest absolute Gasteiger partial charge is 0.259 e. The molecular weight excluding hydrogens is 329 g/mol. The van der Waals surface area contributed by atoms with E-state index in [1.165, 1.54) is 13.2 Å². The molecule has 4 nitrogen and oxygen atoms in total. The minimum absolute atomic E-state index is 0.00622. The Labute approximate surface area is 123 Å². The lowest BCUT2D eigenvalue weighted by Crippen LogP contribution is -2.12. The van der Waals surface area contributed by atoms with E-state index >= 15 is 0 Å². The second-order valence-corrected chi connectivity index (χ2v) is 4.82. The maximum absolute atomic E-state index is 12.9. The molecule has 0 aliphatic rings. The van der Waals surface area contributed by atoms with E-state index in [4.69, 9.17) is 4.74 Å². The third-order valence-corrected chi connectivity index (χ3v) is 3.27. The lowest BCUT2D eigenvalue weighted by Gasteiger charge is -2.09. The molecule has 0 fully saturated rings. The number of phenolic OH excluding ortho intramolecular Hbond substituents is 1. The van der Waals surface area contributed by atoms with Gasteiger partial charge in [0, 0.05) is 17.8 Å². The summed E-state index contributed by atoms with van der Waals surface area (Å²) in [6, 6.07) is 8.23. The molecule has 0 aliphatic heterocycles. The molecule has 1 amide bonds. The van der Waals surface area contributed by atoms with Gasteiger partial charge < -0.3 is 15.2 Å². The number of anilines is 1. The molecule has 2 aromatic carbocycles. The van der Waals surface area contributed by atoms with E-state index in [-0.39, 0.29) is 5.56 Å². The zero-order valence-corrected chi connectivity index (χ0v) is 12.1. The van der Waals surface area contributed by atoms with Crippen molar-refractivity contribution in [2.24, 2.45) is 0 Å². The van der Waals surface area contributed by atoms with Gasteiger partial charge in [-0.25, -0.2) is 4.39 Å². The van der Waals surface area contributed by atoms with Crippen LogP contribution in [0.2, 0.25) is 0 Å². The fraction of sp³-hybridized carbons (Fsp3) is 0.0714. The number of rotatable bonds is 3. The van der Waals surface area contributed by atoms with Crippen LogP contribution in [0.5, 0.6) is 11.5 Å². The molecule has 0 heterocycles. The van der Waals surface area contributed by atoms with Crippen LogP contribution < -0.4 is 10.1 Å². The number of nitrogens with one attached hydrogen (secondary N) is 1. The summed E-state index contributed by atoms with van der Waals surface area (Å²) < 4.78 is 18.7. The van der Waals surface area contributed by atoms with Crippen molar-refractivity contribution in [1.82, 2.24) is 0 Å². The molecule has 2 aromatic rings. The van der Waals surface area contributed by atoms with E-state index in [1.54, 1.807) is 18.2 Å². The Morgan fingerprint density at radius 2 is 2.05 bits per heavy atom. The van der Waals surface area contributed by atoms with Crippen molar-refractivity contribution in [3.05, 3.63) is 52.3 Å². The van der Waals surface area contributed by atoms with Gasteiger partial charge in [-0.3, -0.25) is 4.79 Å². The van der Waals surface area contributed by atoms with Crippen LogP contribution in [0.3, 0.4) is 0 Å². The van der Waals surface area contributed by atoms with Crippen molar-refractivity contribution in [2.45, 2.75) is 0 Å². The van der Waals surface area contributed by atoms with Gasteiger partial charge >= 0.3 is 0 Å². The van der Waals surface area contributed by atoms with E-state index in [0.717, 1.165) is 16.6 Å². The number of hydrogen-bond donors (Lipinski definition) is 2. The number of carbonyl (C=O) groups is 1. The summed E-state index contributed by atoms with van der Waals surface area (Å²) in [4.78, 5) is 12.0. The van der Waals surface area contributed by atoms with Crippen molar-refractivity contribution in [3.8, 4) is 11.5 Å². The lowest BCUT2D eigenvalue weighted by molar-refractivity contribution is 0.102. The van der Waals surface area contributed by atoms with Crippen LogP contribution in [0.4, 0.5) is 10.1 Å². The van der Waals surface area contributed by atoms with Crippen LogP contribution >= 0.6 is 15.9 Å². The molecule has 0 radical (unpaired) electrons. The van der Waals surface area contributed by atoms with Crippen molar-refractivity contribution < 1.29 is 19.0 Å². The van der Waals surface area contributed by atoms with Crippen LogP contribution in [0.1, 0.15) is 10.4 Å². The molecule has 0 saturated heterocycles. The molecule has 20 heavy (non-hydrogen) atoms. The summed E-state index contributed by atoms with van der Waals surface area (Å²) >= 11 is 3.30. The second-order valence-electron chi connectivity index (χ2n) is 3.96. The van der Waals surface area contributed by atoms with Gasteiger partial charge in [0.05, 0.1) is 17.1 Å². The van der Waals surface area contributed by atoms with Gasteiger partial charge in [0.15, 0.2) is 0 Å². The van der Waals surface area contributed by atoms with Crippen molar-refractivity contribution >= 4 is 27.5 Å². The number of amides is 1. The Kier molecular flexibility index (Phi) is 4.24. The number of phenols is 1. The summed E-state index contributed by atoms with van der Waals surface area (Å²) in [6.45, 7) is 0. The predicted molar refractivity (Wildman–Crippen MR) is 76.7 cm³/mol. The SMILES string of the molecule is COc1cc(NC(=O)c2ccc(F)cc2O)ccc1Br. The Balaban J connectivity index is 2.23. The van der Waals surface area contributed by atoms with Crippen LogP contribution in [0.25, 0.3) is 0 Å². The van der Waals surface area contributed by atoms with Crippen LogP contribution in [-0.2, 0) is 0 Å². The largest absolute Gasteiger partial charge is 0.507 e.